The Morgan fingerprint density at radius 1 is 1.23 bits per heavy atom. The molecule has 2 heterocycles. The number of amides is 2. The van der Waals surface area contributed by atoms with Crippen LogP contribution in [0, 0.1) is 5.82 Å². The number of aromatic nitrogens is 2. The molecule has 1 aromatic heterocycles. The van der Waals surface area contributed by atoms with Crippen LogP contribution in [0.25, 0.3) is 11.5 Å². The zero-order valence-corrected chi connectivity index (χ0v) is 15.2. The molecule has 8 heteroatoms. The van der Waals surface area contributed by atoms with Crippen LogP contribution in [0.5, 0.6) is 0 Å². The van der Waals surface area contributed by atoms with E-state index in [2.05, 4.69) is 15.5 Å². The molecule has 0 unspecified atom stereocenters. The molecule has 1 aliphatic heterocycles. The first kappa shape index (κ1) is 18.3. The molecule has 2 amide bonds. The van der Waals surface area contributed by atoms with Gasteiger partial charge in [-0.05, 0) is 57.9 Å². The topological polar surface area (TPSA) is 80.5 Å². The minimum absolute atomic E-state index is 0.0161. The maximum absolute atomic E-state index is 13.0. The summed E-state index contributed by atoms with van der Waals surface area (Å²) in [5.41, 5.74) is 0.398. The number of rotatable bonds is 3. The summed E-state index contributed by atoms with van der Waals surface area (Å²) < 4.78 is 24.4. The molecule has 7 nitrogen and oxygen atoms in total. The smallest absolute Gasteiger partial charge is 0.325 e. The number of ether oxygens (including phenoxy) is 1. The van der Waals surface area contributed by atoms with Crippen molar-refractivity contribution >= 4 is 12.0 Å². The molecule has 0 radical (unpaired) electrons. The molecule has 0 aliphatic carbocycles. The van der Waals surface area contributed by atoms with Crippen LogP contribution in [0.2, 0.25) is 0 Å². The van der Waals surface area contributed by atoms with E-state index in [1.165, 1.54) is 24.3 Å². The van der Waals surface area contributed by atoms with Crippen LogP contribution in [-0.2, 0) is 4.74 Å². The summed E-state index contributed by atoms with van der Waals surface area (Å²) in [6.07, 6.45) is 1.73. The van der Waals surface area contributed by atoms with E-state index in [0.29, 0.717) is 18.7 Å². The normalized spacial score (nSPS) is 15.9. The average Bonchev–Trinajstić information content (AvgIpc) is 3.03. The van der Waals surface area contributed by atoms with Gasteiger partial charge in [0.15, 0.2) is 0 Å². The molecule has 1 aromatic carbocycles. The van der Waals surface area contributed by atoms with E-state index in [-0.39, 0.29) is 35.5 Å². The van der Waals surface area contributed by atoms with Gasteiger partial charge in [-0.3, -0.25) is 5.32 Å². The fourth-order valence-electron chi connectivity index (χ4n) is 2.83. The number of anilines is 1. The zero-order chi connectivity index (χ0) is 18.7. The molecule has 1 saturated heterocycles. The van der Waals surface area contributed by atoms with Gasteiger partial charge in [0.25, 0.3) is 0 Å². The molecule has 140 valence electrons. The highest BCUT2D eigenvalue weighted by atomic mass is 19.1. The maximum atomic E-state index is 13.0. The molecule has 1 fully saturated rings. The largest absolute Gasteiger partial charge is 0.403 e. The quantitative estimate of drug-likeness (QED) is 0.901. The van der Waals surface area contributed by atoms with Gasteiger partial charge in [-0.25, -0.2) is 9.18 Å². The van der Waals surface area contributed by atoms with Crippen molar-refractivity contribution in [3.8, 4) is 11.5 Å². The molecule has 0 atom stereocenters. The Balaban J connectivity index is 1.54. The van der Waals surface area contributed by atoms with Gasteiger partial charge in [-0.2, -0.15) is 0 Å². The number of nitrogens with one attached hydrogen (secondary N) is 1. The number of nitrogens with zero attached hydrogens (tertiary/aromatic N) is 3. The van der Waals surface area contributed by atoms with Gasteiger partial charge in [0.05, 0.1) is 11.7 Å². The second-order valence-electron chi connectivity index (χ2n) is 7.27. The lowest BCUT2D eigenvalue weighted by Crippen LogP contribution is -2.44. The Morgan fingerprint density at radius 3 is 2.50 bits per heavy atom. The van der Waals surface area contributed by atoms with Gasteiger partial charge >= 0.3 is 12.0 Å². The summed E-state index contributed by atoms with van der Waals surface area (Å²) in [6.45, 7) is 7.29. The number of halogens is 1. The van der Waals surface area contributed by atoms with Gasteiger partial charge in [0, 0.05) is 18.7 Å². The summed E-state index contributed by atoms with van der Waals surface area (Å²) in [5.74, 6) is -0.127. The van der Waals surface area contributed by atoms with E-state index >= 15 is 0 Å². The van der Waals surface area contributed by atoms with Crippen LogP contribution >= 0.6 is 0 Å². The van der Waals surface area contributed by atoms with Crippen LogP contribution in [0.1, 0.15) is 33.6 Å². The van der Waals surface area contributed by atoms with Crippen molar-refractivity contribution in [2.45, 2.75) is 45.3 Å². The lowest BCUT2D eigenvalue weighted by molar-refractivity contribution is -0.0780. The van der Waals surface area contributed by atoms with Gasteiger partial charge in [0.2, 0.25) is 5.89 Å². The van der Waals surface area contributed by atoms with E-state index < -0.39 is 0 Å². The lowest BCUT2D eigenvalue weighted by Gasteiger charge is -2.35. The predicted octanol–water partition coefficient (Wildman–Crippen LogP) is 3.69. The highest BCUT2D eigenvalue weighted by Crippen LogP contribution is 2.22. The third-order valence-electron chi connectivity index (χ3n) is 3.98. The Morgan fingerprint density at radius 2 is 1.88 bits per heavy atom. The van der Waals surface area contributed by atoms with Gasteiger partial charge in [-0.15, -0.1) is 5.10 Å². The highest BCUT2D eigenvalue weighted by molar-refractivity contribution is 5.87. The molecule has 0 bridgehead atoms. The van der Waals surface area contributed by atoms with Crippen molar-refractivity contribution in [2.24, 2.45) is 0 Å². The van der Waals surface area contributed by atoms with Crippen LogP contribution < -0.4 is 5.32 Å². The zero-order valence-electron chi connectivity index (χ0n) is 15.2. The fourth-order valence-corrected chi connectivity index (χ4v) is 2.83. The molecule has 0 saturated carbocycles. The van der Waals surface area contributed by atoms with Crippen molar-refractivity contribution < 1.29 is 18.3 Å². The van der Waals surface area contributed by atoms with E-state index in [1.54, 1.807) is 4.90 Å². The van der Waals surface area contributed by atoms with Gasteiger partial charge in [0.1, 0.15) is 5.82 Å². The number of hydrogen-bond donors (Lipinski definition) is 1. The number of carbonyl (C=O) groups is 1. The maximum Gasteiger partial charge on any atom is 0.325 e. The van der Waals surface area contributed by atoms with Gasteiger partial charge < -0.3 is 14.1 Å². The minimum atomic E-state index is -0.347. The standard InChI is InChI=1S/C18H23FN4O3/c1-18(2,3)26-14-8-10-23(11-9-14)17(24)20-16-22-21-15(25-16)12-4-6-13(19)7-5-12/h4-7,14H,8-11H2,1-3H3,(H,20,22,24). The molecule has 26 heavy (non-hydrogen) atoms. The Kier molecular flexibility index (Phi) is 5.22. The first-order chi connectivity index (χ1) is 12.3. The molecule has 3 rings (SSSR count). The Hall–Kier alpha value is -2.48. The third-order valence-corrected chi connectivity index (χ3v) is 3.98. The first-order valence-electron chi connectivity index (χ1n) is 8.63. The van der Waals surface area contributed by atoms with Crippen molar-refractivity contribution in [1.82, 2.24) is 15.1 Å². The van der Waals surface area contributed by atoms with Crippen molar-refractivity contribution in [3.05, 3.63) is 30.1 Å². The molecule has 1 aliphatic rings. The molecule has 2 aromatic rings. The second kappa shape index (κ2) is 7.41. The number of hydrogen-bond acceptors (Lipinski definition) is 5. The average molecular weight is 362 g/mol. The highest BCUT2D eigenvalue weighted by Gasteiger charge is 2.27. The summed E-state index contributed by atoms with van der Waals surface area (Å²) >= 11 is 0. The van der Waals surface area contributed by atoms with Crippen molar-refractivity contribution in [1.29, 1.82) is 0 Å². The van der Waals surface area contributed by atoms with Crippen molar-refractivity contribution in [2.75, 3.05) is 18.4 Å². The number of likely N-dealkylation sites (tertiary alicyclic amines) is 1. The summed E-state index contributed by atoms with van der Waals surface area (Å²) in [7, 11) is 0. The summed E-state index contributed by atoms with van der Waals surface area (Å²) in [6, 6.07) is 5.42. The van der Waals surface area contributed by atoms with E-state index in [0.717, 1.165) is 12.8 Å². The lowest BCUT2D eigenvalue weighted by atomic mass is 10.1. The third kappa shape index (κ3) is 4.78. The Bertz CT molecular complexity index is 747. The summed E-state index contributed by atoms with van der Waals surface area (Å²) in [4.78, 5) is 14.0. The van der Waals surface area contributed by atoms with Gasteiger partial charge in [-0.1, -0.05) is 5.10 Å². The van der Waals surface area contributed by atoms with E-state index in [4.69, 9.17) is 9.15 Å². The summed E-state index contributed by atoms with van der Waals surface area (Å²) in [5, 5.41) is 10.3. The number of benzene rings is 1. The molecule has 0 spiro atoms. The number of carbonyl (C=O) groups excluding carboxylic acids is 1. The fraction of sp³-hybridized carbons (Fsp3) is 0.500. The molecular weight excluding hydrogens is 339 g/mol. The first-order valence-corrected chi connectivity index (χ1v) is 8.63. The predicted molar refractivity (Wildman–Crippen MR) is 94.1 cm³/mol. The monoisotopic (exact) mass is 362 g/mol. The van der Waals surface area contributed by atoms with E-state index in [1.807, 2.05) is 20.8 Å². The number of piperidine rings is 1. The van der Waals surface area contributed by atoms with Crippen LogP contribution in [-0.4, -0.2) is 45.9 Å². The molecular formula is C18H23FN4O3. The Labute approximate surface area is 151 Å². The molecule has 1 N–H and O–H groups in total. The van der Waals surface area contributed by atoms with Crippen LogP contribution in [0.3, 0.4) is 0 Å². The SMILES string of the molecule is CC(C)(C)OC1CCN(C(=O)Nc2nnc(-c3ccc(F)cc3)o2)CC1. The van der Waals surface area contributed by atoms with Crippen LogP contribution in [0.15, 0.2) is 28.7 Å². The second-order valence-corrected chi connectivity index (χ2v) is 7.27. The number of urea groups is 1. The van der Waals surface area contributed by atoms with Crippen LogP contribution in [0.4, 0.5) is 15.2 Å². The minimum Gasteiger partial charge on any atom is -0.403 e. The van der Waals surface area contributed by atoms with E-state index in [9.17, 15) is 9.18 Å². The van der Waals surface area contributed by atoms with Crippen molar-refractivity contribution in [3.63, 3.8) is 0 Å².